The summed E-state index contributed by atoms with van der Waals surface area (Å²) in [6, 6.07) is 8.17. The number of hydrogen-bond acceptors (Lipinski definition) is 7. The highest BCUT2D eigenvalue weighted by Crippen LogP contribution is 2.31. The summed E-state index contributed by atoms with van der Waals surface area (Å²) >= 11 is 0. The van der Waals surface area contributed by atoms with Gasteiger partial charge in [0.15, 0.2) is 0 Å². The zero-order valence-electron chi connectivity index (χ0n) is 16.6. The van der Waals surface area contributed by atoms with E-state index in [1.54, 1.807) is 6.20 Å². The summed E-state index contributed by atoms with van der Waals surface area (Å²) in [6.45, 7) is 3.79. The molecule has 1 aliphatic carbocycles. The molecule has 1 aliphatic heterocycles. The number of anilines is 3. The molecule has 2 heterocycles. The molecule has 29 heavy (non-hydrogen) atoms. The van der Waals surface area contributed by atoms with Crippen LogP contribution in [0.5, 0.6) is 5.75 Å². The third-order valence-electron chi connectivity index (χ3n) is 5.50. The zero-order valence-corrected chi connectivity index (χ0v) is 16.6. The van der Waals surface area contributed by atoms with Gasteiger partial charge in [-0.1, -0.05) is 18.9 Å². The van der Waals surface area contributed by atoms with Crippen molar-refractivity contribution in [3.05, 3.63) is 41.0 Å². The highest BCUT2D eigenvalue weighted by molar-refractivity contribution is 6.54. The van der Waals surface area contributed by atoms with Crippen molar-refractivity contribution >= 4 is 30.6 Å². The molecule has 4 rings (SSSR count). The lowest BCUT2D eigenvalue weighted by Crippen LogP contribution is -2.32. The Bertz CT molecular complexity index is 988. The Kier molecular flexibility index (Phi) is 5.41. The first-order chi connectivity index (χ1) is 14.0. The first-order valence-electron chi connectivity index (χ1n) is 9.97. The summed E-state index contributed by atoms with van der Waals surface area (Å²) in [7, 11) is -0.896. The average molecular weight is 389 g/mol. The SMILES string of the molecule is CC1=Cc2cc(Nc3ncc(C)c(N[C@@H]4CCCC[C@H]4C#N)n3)ccc2OB1O. The van der Waals surface area contributed by atoms with Crippen LogP contribution >= 0.6 is 0 Å². The van der Waals surface area contributed by atoms with Crippen molar-refractivity contribution in [1.29, 1.82) is 5.26 Å². The first-order valence-corrected chi connectivity index (χ1v) is 9.97. The topological polar surface area (TPSA) is 103 Å². The molecule has 2 aliphatic rings. The number of nitrogens with one attached hydrogen (secondary N) is 2. The van der Waals surface area contributed by atoms with E-state index >= 15 is 0 Å². The van der Waals surface area contributed by atoms with Crippen molar-refractivity contribution in [2.24, 2.45) is 5.92 Å². The predicted molar refractivity (Wildman–Crippen MR) is 114 cm³/mol. The highest BCUT2D eigenvalue weighted by atomic mass is 16.5. The summed E-state index contributed by atoms with van der Waals surface area (Å²) in [5, 5.41) is 25.9. The highest BCUT2D eigenvalue weighted by Gasteiger charge is 2.26. The van der Waals surface area contributed by atoms with E-state index in [1.807, 2.05) is 38.1 Å². The maximum absolute atomic E-state index is 9.80. The lowest BCUT2D eigenvalue weighted by Gasteiger charge is -2.28. The van der Waals surface area contributed by atoms with E-state index in [9.17, 15) is 10.3 Å². The van der Waals surface area contributed by atoms with E-state index in [2.05, 4.69) is 26.7 Å². The molecule has 0 bridgehead atoms. The summed E-state index contributed by atoms with van der Waals surface area (Å²) in [6.07, 6.45) is 7.84. The second kappa shape index (κ2) is 8.14. The Hall–Kier alpha value is -3.05. The molecule has 1 aromatic heterocycles. The van der Waals surface area contributed by atoms with Crippen molar-refractivity contribution in [3.8, 4) is 11.8 Å². The Balaban J connectivity index is 1.53. The van der Waals surface area contributed by atoms with Gasteiger partial charge in [-0.2, -0.15) is 10.2 Å². The van der Waals surface area contributed by atoms with Gasteiger partial charge in [0.2, 0.25) is 5.95 Å². The maximum Gasteiger partial charge on any atom is 0.555 e. The van der Waals surface area contributed by atoms with E-state index in [0.29, 0.717) is 11.7 Å². The summed E-state index contributed by atoms with van der Waals surface area (Å²) in [5.74, 6) is 1.90. The van der Waals surface area contributed by atoms with Crippen molar-refractivity contribution in [2.75, 3.05) is 10.6 Å². The quantitative estimate of drug-likeness (QED) is 0.683. The monoisotopic (exact) mass is 389 g/mol. The first kappa shape index (κ1) is 19.3. The molecule has 8 heteroatoms. The van der Waals surface area contributed by atoms with Gasteiger partial charge in [0.25, 0.3) is 0 Å². The average Bonchev–Trinajstić information content (AvgIpc) is 2.72. The molecule has 2 atom stereocenters. The van der Waals surface area contributed by atoms with Crippen LogP contribution in [0.25, 0.3) is 6.08 Å². The van der Waals surface area contributed by atoms with Gasteiger partial charge in [0.1, 0.15) is 11.6 Å². The fraction of sp³-hybridized carbons (Fsp3) is 0.381. The van der Waals surface area contributed by atoms with Gasteiger partial charge < -0.3 is 20.3 Å². The van der Waals surface area contributed by atoms with Crippen LogP contribution in [0.2, 0.25) is 0 Å². The molecule has 0 spiro atoms. The smallest absolute Gasteiger partial charge is 0.532 e. The van der Waals surface area contributed by atoms with Gasteiger partial charge in [-0.15, -0.1) is 0 Å². The normalized spacial score (nSPS) is 20.8. The molecule has 0 radical (unpaired) electrons. The van der Waals surface area contributed by atoms with Gasteiger partial charge in [-0.05, 0) is 50.4 Å². The fourth-order valence-corrected chi connectivity index (χ4v) is 3.79. The van der Waals surface area contributed by atoms with Gasteiger partial charge in [0, 0.05) is 29.1 Å². The van der Waals surface area contributed by atoms with Crippen LogP contribution in [0.4, 0.5) is 17.5 Å². The standard InChI is InChI=1S/C21H24BN5O2/c1-13-12-24-21(27-20(13)26-18-6-4-3-5-15(18)11-23)25-17-7-8-19-16(10-17)9-14(2)22(28)29-19/h7-10,12,15,18,28H,3-6H2,1-2H3,(H2,24,25,26,27)/t15-,18+/m0/s1. The lowest BCUT2D eigenvalue weighted by molar-refractivity contribution is 0.388. The Morgan fingerprint density at radius 2 is 2.10 bits per heavy atom. The molecule has 0 unspecified atom stereocenters. The molecule has 1 fully saturated rings. The molecule has 1 aromatic carbocycles. The number of hydrogen-bond donors (Lipinski definition) is 3. The van der Waals surface area contributed by atoms with E-state index in [1.165, 1.54) is 0 Å². The number of nitriles is 1. The minimum absolute atomic E-state index is 0.0144. The zero-order chi connectivity index (χ0) is 20.4. The van der Waals surface area contributed by atoms with Crippen LogP contribution in [0.15, 0.2) is 29.9 Å². The van der Waals surface area contributed by atoms with Gasteiger partial charge >= 0.3 is 7.12 Å². The van der Waals surface area contributed by atoms with Crippen LogP contribution in [0, 0.1) is 24.2 Å². The number of aromatic nitrogens is 2. The van der Waals surface area contributed by atoms with E-state index in [-0.39, 0.29) is 12.0 Å². The molecule has 3 N–H and O–H groups in total. The van der Waals surface area contributed by atoms with Crippen molar-refractivity contribution in [1.82, 2.24) is 9.97 Å². The summed E-state index contributed by atoms with van der Waals surface area (Å²) in [4.78, 5) is 9.03. The van der Waals surface area contributed by atoms with E-state index in [4.69, 9.17) is 4.65 Å². The van der Waals surface area contributed by atoms with Crippen LogP contribution < -0.4 is 15.3 Å². The number of allylic oxidation sites excluding steroid dienone is 1. The minimum atomic E-state index is -0.896. The Morgan fingerprint density at radius 3 is 2.93 bits per heavy atom. The number of aryl methyl sites for hydroxylation is 1. The molecule has 1 saturated carbocycles. The van der Waals surface area contributed by atoms with Gasteiger partial charge in [0.05, 0.1) is 12.0 Å². The van der Waals surface area contributed by atoms with Crippen LogP contribution in [0.1, 0.15) is 43.7 Å². The minimum Gasteiger partial charge on any atom is -0.532 e. The van der Waals surface area contributed by atoms with Crippen LogP contribution in [-0.2, 0) is 0 Å². The number of nitrogens with zero attached hydrogens (tertiary/aromatic N) is 3. The second-order valence-corrected chi connectivity index (χ2v) is 7.73. The summed E-state index contributed by atoms with van der Waals surface area (Å²) in [5.41, 5.74) is 3.42. The van der Waals surface area contributed by atoms with Crippen molar-refractivity contribution in [3.63, 3.8) is 0 Å². The van der Waals surface area contributed by atoms with Crippen LogP contribution in [0.3, 0.4) is 0 Å². The number of benzene rings is 1. The molecule has 148 valence electrons. The van der Waals surface area contributed by atoms with E-state index < -0.39 is 7.12 Å². The predicted octanol–water partition coefficient (Wildman–Crippen LogP) is 3.84. The summed E-state index contributed by atoms with van der Waals surface area (Å²) < 4.78 is 5.48. The second-order valence-electron chi connectivity index (χ2n) is 7.73. The molecule has 0 amide bonds. The van der Waals surface area contributed by atoms with Gasteiger partial charge in [-0.3, -0.25) is 0 Å². The van der Waals surface area contributed by atoms with Crippen molar-refractivity contribution < 1.29 is 9.68 Å². The van der Waals surface area contributed by atoms with Crippen molar-refractivity contribution in [2.45, 2.75) is 45.6 Å². The maximum atomic E-state index is 9.80. The Morgan fingerprint density at radius 1 is 1.28 bits per heavy atom. The molecule has 0 saturated heterocycles. The lowest BCUT2D eigenvalue weighted by atomic mass is 9.76. The number of rotatable bonds is 4. The van der Waals surface area contributed by atoms with Gasteiger partial charge in [-0.25, -0.2) is 4.98 Å². The molecule has 7 nitrogen and oxygen atoms in total. The molecular weight excluding hydrogens is 365 g/mol. The molecular formula is C21H24BN5O2. The Labute approximate surface area is 171 Å². The fourth-order valence-electron chi connectivity index (χ4n) is 3.79. The third kappa shape index (κ3) is 4.20. The largest absolute Gasteiger partial charge is 0.555 e. The molecule has 2 aromatic rings. The number of fused-ring (bicyclic) bond motifs is 1. The van der Waals surface area contributed by atoms with Crippen LogP contribution in [-0.4, -0.2) is 28.2 Å². The third-order valence-corrected chi connectivity index (χ3v) is 5.50. The van der Waals surface area contributed by atoms with E-state index in [0.717, 1.165) is 53.8 Å².